The molecule has 0 aliphatic carbocycles. The summed E-state index contributed by atoms with van der Waals surface area (Å²) in [6, 6.07) is 7.38. The van der Waals surface area contributed by atoms with Gasteiger partial charge in [-0.2, -0.15) is 0 Å². The maximum Gasteiger partial charge on any atom is 0.262 e. The van der Waals surface area contributed by atoms with Crippen molar-refractivity contribution in [3.8, 4) is 0 Å². The van der Waals surface area contributed by atoms with Gasteiger partial charge in [-0.05, 0) is 30.9 Å². The first-order valence-corrected chi connectivity index (χ1v) is 6.97. The van der Waals surface area contributed by atoms with Crippen LogP contribution < -0.4 is 10.5 Å². The molecule has 0 radical (unpaired) electrons. The number of rotatable bonds is 2. The van der Waals surface area contributed by atoms with E-state index in [2.05, 4.69) is 9.88 Å². The summed E-state index contributed by atoms with van der Waals surface area (Å²) in [6.45, 7) is 1.26. The van der Waals surface area contributed by atoms with Gasteiger partial charge in [0.25, 0.3) is 5.56 Å². The third kappa shape index (κ3) is 2.17. The molecule has 0 N–H and O–H groups in total. The van der Waals surface area contributed by atoms with Crippen molar-refractivity contribution in [2.75, 3.05) is 24.7 Å². The highest BCUT2D eigenvalue weighted by atomic mass is 19.1. The minimum atomic E-state index is -0.252. The molecule has 0 unspecified atom stereocenters. The quantitative estimate of drug-likeness (QED) is 0.842. The van der Waals surface area contributed by atoms with Crippen LogP contribution >= 0.6 is 0 Å². The summed E-state index contributed by atoms with van der Waals surface area (Å²) < 4.78 is 14.3. The Balaban J connectivity index is 2.00. The lowest BCUT2D eigenvalue weighted by Crippen LogP contribution is -2.38. The summed E-state index contributed by atoms with van der Waals surface area (Å²) in [4.78, 5) is 19.0. The normalized spacial score (nSPS) is 16.8. The number of halogens is 1. The molecule has 20 heavy (non-hydrogen) atoms. The van der Waals surface area contributed by atoms with Crippen LogP contribution in [0.15, 0.2) is 29.1 Å². The molecule has 106 valence electrons. The Bertz CT molecular complexity index is 674. The third-order valence-electron chi connectivity index (χ3n) is 4.08. The van der Waals surface area contributed by atoms with Crippen molar-refractivity contribution in [3.05, 3.63) is 34.6 Å². The molecule has 2 aromatic rings. The van der Waals surface area contributed by atoms with Crippen molar-refractivity contribution in [3.63, 3.8) is 0 Å². The lowest BCUT2D eigenvalue weighted by Gasteiger charge is -2.32. The Kier molecular flexibility index (Phi) is 3.42. The van der Waals surface area contributed by atoms with Crippen LogP contribution in [0.2, 0.25) is 0 Å². The molecule has 1 aliphatic rings. The summed E-state index contributed by atoms with van der Waals surface area (Å²) in [5.41, 5.74) is 0.691. The van der Waals surface area contributed by atoms with E-state index >= 15 is 0 Å². The fourth-order valence-electron chi connectivity index (χ4n) is 2.78. The Hall–Kier alpha value is -1.91. The first kappa shape index (κ1) is 13.1. The van der Waals surface area contributed by atoms with Crippen LogP contribution in [-0.4, -0.2) is 29.3 Å². The number of piperidine rings is 1. The third-order valence-corrected chi connectivity index (χ3v) is 4.08. The predicted molar refractivity (Wildman–Crippen MR) is 77.9 cm³/mol. The van der Waals surface area contributed by atoms with Crippen molar-refractivity contribution in [1.82, 2.24) is 9.55 Å². The zero-order valence-corrected chi connectivity index (χ0v) is 11.6. The lowest BCUT2D eigenvalue weighted by atomic mass is 9.99. The molecule has 3 rings (SSSR count). The van der Waals surface area contributed by atoms with Gasteiger partial charge >= 0.3 is 0 Å². The van der Waals surface area contributed by atoms with E-state index in [1.54, 1.807) is 17.7 Å². The number of anilines is 1. The molecule has 5 heteroatoms. The Morgan fingerprint density at radius 1 is 1.30 bits per heavy atom. The number of benzene rings is 1. The van der Waals surface area contributed by atoms with Crippen molar-refractivity contribution >= 4 is 16.9 Å². The van der Waals surface area contributed by atoms with E-state index in [-0.39, 0.29) is 18.2 Å². The van der Waals surface area contributed by atoms with Crippen molar-refractivity contribution in [2.24, 2.45) is 13.0 Å². The van der Waals surface area contributed by atoms with Gasteiger partial charge in [0, 0.05) is 20.1 Å². The SMILES string of the molecule is Cn1c(N2CCC(CF)CC2)nc2ccccc2c1=O. The van der Waals surface area contributed by atoms with Gasteiger partial charge in [-0.25, -0.2) is 4.98 Å². The van der Waals surface area contributed by atoms with Crippen molar-refractivity contribution in [1.29, 1.82) is 0 Å². The van der Waals surface area contributed by atoms with E-state index < -0.39 is 0 Å². The summed E-state index contributed by atoms with van der Waals surface area (Å²) in [6.07, 6.45) is 1.64. The van der Waals surface area contributed by atoms with Crippen LogP contribution in [-0.2, 0) is 7.05 Å². The number of alkyl halides is 1. The highest BCUT2D eigenvalue weighted by Gasteiger charge is 2.22. The lowest BCUT2D eigenvalue weighted by molar-refractivity contribution is 0.305. The monoisotopic (exact) mass is 275 g/mol. The van der Waals surface area contributed by atoms with E-state index in [0.29, 0.717) is 11.3 Å². The zero-order chi connectivity index (χ0) is 14.1. The molecule has 1 aromatic carbocycles. The van der Waals surface area contributed by atoms with Crippen LogP contribution in [0, 0.1) is 5.92 Å². The summed E-state index contributed by atoms with van der Waals surface area (Å²) in [7, 11) is 1.75. The fourth-order valence-corrected chi connectivity index (χ4v) is 2.78. The second-order valence-electron chi connectivity index (χ2n) is 5.38. The second kappa shape index (κ2) is 5.23. The summed E-state index contributed by atoms with van der Waals surface area (Å²) >= 11 is 0. The van der Waals surface area contributed by atoms with Gasteiger partial charge in [0.1, 0.15) is 0 Å². The summed E-state index contributed by atoms with van der Waals surface area (Å²) in [5, 5.41) is 0.636. The van der Waals surface area contributed by atoms with E-state index in [1.165, 1.54) is 0 Å². The maximum atomic E-state index is 12.7. The summed E-state index contributed by atoms with van der Waals surface area (Å²) in [5.74, 6) is 0.842. The van der Waals surface area contributed by atoms with E-state index in [9.17, 15) is 9.18 Å². The Labute approximate surface area is 116 Å². The first-order chi connectivity index (χ1) is 9.70. The van der Waals surface area contributed by atoms with Gasteiger partial charge in [-0.15, -0.1) is 0 Å². The van der Waals surface area contributed by atoms with Gasteiger partial charge in [-0.1, -0.05) is 12.1 Å². The minimum Gasteiger partial charge on any atom is -0.342 e. The molecular formula is C15H18FN3O. The van der Waals surface area contributed by atoms with Gasteiger partial charge in [0.2, 0.25) is 5.95 Å². The zero-order valence-electron chi connectivity index (χ0n) is 11.6. The van der Waals surface area contributed by atoms with E-state index in [0.717, 1.165) is 31.4 Å². The van der Waals surface area contributed by atoms with Gasteiger partial charge in [0.05, 0.1) is 17.6 Å². The fraction of sp³-hybridized carbons (Fsp3) is 0.467. The minimum absolute atomic E-state index is 0.0294. The topological polar surface area (TPSA) is 38.1 Å². The number of hydrogen-bond acceptors (Lipinski definition) is 3. The number of nitrogens with zero attached hydrogens (tertiary/aromatic N) is 3. The largest absolute Gasteiger partial charge is 0.342 e. The van der Waals surface area contributed by atoms with Crippen LogP contribution in [0.4, 0.5) is 10.3 Å². The number of fused-ring (bicyclic) bond motifs is 1. The van der Waals surface area contributed by atoms with Crippen molar-refractivity contribution < 1.29 is 4.39 Å². The molecule has 0 saturated carbocycles. The highest BCUT2D eigenvalue weighted by Crippen LogP contribution is 2.22. The first-order valence-electron chi connectivity index (χ1n) is 6.97. The molecule has 1 saturated heterocycles. The van der Waals surface area contributed by atoms with E-state index in [1.807, 2.05) is 18.2 Å². The van der Waals surface area contributed by atoms with Crippen LogP contribution in [0.5, 0.6) is 0 Å². The molecule has 0 atom stereocenters. The van der Waals surface area contributed by atoms with Gasteiger partial charge in [-0.3, -0.25) is 13.8 Å². The maximum absolute atomic E-state index is 12.7. The predicted octanol–water partition coefficient (Wildman–Crippen LogP) is 2.12. The van der Waals surface area contributed by atoms with Crippen LogP contribution in [0.25, 0.3) is 10.9 Å². The van der Waals surface area contributed by atoms with Crippen molar-refractivity contribution in [2.45, 2.75) is 12.8 Å². The molecule has 1 aromatic heterocycles. The molecule has 0 amide bonds. The smallest absolute Gasteiger partial charge is 0.262 e. The molecule has 0 spiro atoms. The Morgan fingerprint density at radius 3 is 2.70 bits per heavy atom. The molecule has 1 aliphatic heterocycles. The van der Waals surface area contributed by atoms with Crippen LogP contribution in [0.1, 0.15) is 12.8 Å². The number of hydrogen-bond donors (Lipinski definition) is 0. The average molecular weight is 275 g/mol. The molecule has 4 nitrogen and oxygen atoms in total. The van der Waals surface area contributed by atoms with Gasteiger partial charge < -0.3 is 4.90 Å². The second-order valence-corrected chi connectivity index (χ2v) is 5.38. The number of aromatic nitrogens is 2. The molecule has 2 heterocycles. The number of para-hydroxylation sites is 1. The van der Waals surface area contributed by atoms with Crippen LogP contribution in [0.3, 0.4) is 0 Å². The Morgan fingerprint density at radius 2 is 2.00 bits per heavy atom. The van der Waals surface area contributed by atoms with Gasteiger partial charge in [0.15, 0.2) is 0 Å². The van der Waals surface area contributed by atoms with E-state index in [4.69, 9.17) is 0 Å². The molecule has 0 bridgehead atoms. The molecule has 1 fully saturated rings. The highest BCUT2D eigenvalue weighted by molar-refractivity contribution is 5.78. The standard InChI is InChI=1S/C15H18FN3O/c1-18-14(20)12-4-2-3-5-13(12)17-15(18)19-8-6-11(10-16)7-9-19/h2-5,11H,6-10H2,1H3. The average Bonchev–Trinajstić information content (AvgIpc) is 2.51. The molecular weight excluding hydrogens is 257 g/mol.